The van der Waals surface area contributed by atoms with E-state index in [0.29, 0.717) is 6.42 Å². The molecule has 1 aromatic rings. The maximum Gasteiger partial charge on any atom is 0.155 e. The smallest absolute Gasteiger partial charge is 0.155 e. The van der Waals surface area contributed by atoms with E-state index in [1.165, 1.54) is 0 Å². The highest BCUT2D eigenvalue weighted by Crippen LogP contribution is 2.22. The molecule has 1 aromatic carbocycles. The molecule has 102 valence electrons. The zero-order valence-electron chi connectivity index (χ0n) is 12.0. The molecule has 0 aliphatic heterocycles. The molecule has 0 amide bonds. The number of ketones is 1. The summed E-state index contributed by atoms with van der Waals surface area (Å²) in [5.41, 5.74) is 2.88. The van der Waals surface area contributed by atoms with Gasteiger partial charge in [-0.15, -0.1) is 0 Å². The van der Waals surface area contributed by atoms with Crippen molar-refractivity contribution in [1.82, 2.24) is 0 Å². The first-order chi connectivity index (χ1) is 9.04. The van der Waals surface area contributed by atoms with Gasteiger partial charge in [-0.05, 0) is 32.4 Å². The second-order valence-corrected chi connectivity index (χ2v) is 4.57. The summed E-state index contributed by atoms with van der Waals surface area (Å²) in [4.78, 5) is 16.8. The van der Waals surface area contributed by atoms with Gasteiger partial charge in [0, 0.05) is 12.0 Å². The van der Waals surface area contributed by atoms with E-state index in [-0.39, 0.29) is 11.9 Å². The first-order valence-corrected chi connectivity index (χ1v) is 6.51. The van der Waals surface area contributed by atoms with Crippen LogP contribution in [0.25, 0.3) is 6.08 Å². The van der Waals surface area contributed by atoms with Crippen LogP contribution in [0.5, 0.6) is 0 Å². The van der Waals surface area contributed by atoms with Crippen molar-refractivity contribution in [2.75, 3.05) is 0 Å². The Morgan fingerprint density at radius 3 is 2.68 bits per heavy atom. The molecule has 0 saturated carbocycles. The molecule has 1 atom stereocenters. The lowest BCUT2D eigenvalue weighted by molar-refractivity contribution is -0.114. The fourth-order valence-electron chi connectivity index (χ4n) is 1.57. The summed E-state index contributed by atoms with van der Waals surface area (Å²) in [6.45, 7) is 7.57. The van der Waals surface area contributed by atoms with Gasteiger partial charge in [-0.3, -0.25) is 4.79 Å². The number of allylic oxidation sites excluding steroid dienone is 1. The third-order valence-electron chi connectivity index (χ3n) is 2.62. The van der Waals surface area contributed by atoms with Crippen molar-refractivity contribution >= 4 is 17.6 Å². The summed E-state index contributed by atoms with van der Waals surface area (Å²) >= 11 is 0. The van der Waals surface area contributed by atoms with Crippen molar-refractivity contribution in [3.05, 3.63) is 41.5 Å². The van der Waals surface area contributed by atoms with E-state index in [4.69, 9.17) is 4.84 Å². The van der Waals surface area contributed by atoms with Crippen molar-refractivity contribution in [3.63, 3.8) is 0 Å². The van der Waals surface area contributed by atoms with Gasteiger partial charge < -0.3 is 4.84 Å². The van der Waals surface area contributed by atoms with E-state index in [1.54, 1.807) is 6.08 Å². The Morgan fingerprint density at radius 2 is 2.05 bits per heavy atom. The molecule has 0 radical (unpaired) electrons. The Labute approximate surface area is 115 Å². The molecule has 0 bridgehead atoms. The van der Waals surface area contributed by atoms with Crippen LogP contribution in [0.1, 0.15) is 51.3 Å². The van der Waals surface area contributed by atoms with Crippen LogP contribution in [-0.2, 0) is 9.63 Å². The number of benzene rings is 1. The SMILES string of the molecule is CCC(=O)/C=C/c1ccccc1C(C)ON=C(C)C. The van der Waals surface area contributed by atoms with Gasteiger partial charge in [0.15, 0.2) is 5.78 Å². The highest BCUT2D eigenvalue weighted by molar-refractivity contribution is 5.93. The molecule has 19 heavy (non-hydrogen) atoms. The topological polar surface area (TPSA) is 38.7 Å². The molecule has 3 heteroatoms. The third-order valence-corrected chi connectivity index (χ3v) is 2.62. The summed E-state index contributed by atoms with van der Waals surface area (Å²) in [6, 6.07) is 7.86. The predicted octanol–water partition coefficient (Wildman–Crippen LogP) is 4.15. The van der Waals surface area contributed by atoms with E-state index in [9.17, 15) is 4.79 Å². The summed E-state index contributed by atoms with van der Waals surface area (Å²) in [6.07, 6.45) is 3.82. The van der Waals surface area contributed by atoms with Crippen molar-refractivity contribution in [2.24, 2.45) is 5.16 Å². The highest BCUT2D eigenvalue weighted by Gasteiger charge is 2.09. The molecule has 3 nitrogen and oxygen atoms in total. The van der Waals surface area contributed by atoms with Crippen LogP contribution in [0.3, 0.4) is 0 Å². The first-order valence-electron chi connectivity index (χ1n) is 6.51. The number of carbonyl (C=O) groups excluding carboxylic acids is 1. The quantitative estimate of drug-likeness (QED) is 0.437. The Kier molecular flexibility index (Phi) is 6.00. The number of hydrogen-bond acceptors (Lipinski definition) is 3. The Bertz CT molecular complexity index is 485. The molecular formula is C16H21NO2. The van der Waals surface area contributed by atoms with Gasteiger partial charge in [0.1, 0.15) is 6.10 Å². The zero-order valence-corrected chi connectivity index (χ0v) is 12.0. The van der Waals surface area contributed by atoms with Gasteiger partial charge in [0.05, 0.1) is 5.71 Å². The van der Waals surface area contributed by atoms with Crippen LogP contribution in [0.2, 0.25) is 0 Å². The van der Waals surface area contributed by atoms with Gasteiger partial charge in [-0.2, -0.15) is 0 Å². The summed E-state index contributed by atoms with van der Waals surface area (Å²) < 4.78 is 0. The monoisotopic (exact) mass is 259 g/mol. The Hall–Kier alpha value is -1.90. The van der Waals surface area contributed by atoms with Crippen LogP contribution < -0.4 is 0 Å². The number of hydrogen-bond donors (Lipinski definition) is 0. The maximum absolute atomic E-state index is 11.3. The molecule has 0 heterocycles. The zero-order chi connectivity index (χ0) is 14.3. The molecule has 0 saturated heterocycles. The fourth-order valence-corrected chi connectivity index (χ4v) is 1.57. The number of carbonyl (C=O) groups is 1. The first kappa shape index (κ1) is 15.2. The van der Waals surface area contributed by atoms with Crippen molar-refractivity contribution < 1.29 is 9.63 Å². The molecule has 1 rings (SSSR count). The molecule has 0 aromatic heterocycles. The highest BCUT2D eigenvalue weighted by atomic mass is 16.6. The lowest BCUT2D eigenvalue weighted by Crippen LogP contribution is -1.99. The van der Waals surface area contributed by atoms with Gasteiger partial charge in [0.2, 0.25) is 0 Å². The lowest BCUT2D eigenvalue weighted by atomic mass is 10.0. The van der Waals surface area contributed by atoms with Crippen molar-refractivity contribution in [2.45, 2.75) is 40.2 Å². The van der Waals surface area contributed by atoms with E-state index >= 15 is 0 Å². The largest absolute Gasteiger partial charge is 0.388 e. The number of rotatable bonds is 6. The van der Waals surface area contributed by atoms with Crippen LogP contribution in [0, 0.1) is 0 Å². The molecule has 0 aliphatic rings. The molecule has 0 spiro atoms. The van der Waals surface area contributed by atoms with Crippen LogP contribution in [-0.4, -0.2) is 11.5 Å². The minimum absolute atomic E-state index is 0.116. The molecular weight excluding hydrogens is 238 g/mol. The van der Waals surface area contributed by atoms with Crippen molar-refractivity contribution in [3.8, 4) is 0 Å². The average molecular weight is 259 g/mol. The van der Waals surface area contributed by atoms with Gasteiger partial charge in [0.25, 0.3) is 0 Å². The minimum Gasteiger partial charge on any atom is -0.388 e. The average Bonchev–Trinajstić information content (AvgIpc) is 2.42. The fraction of sp³-hybridized carbons (Fsp3) is 0.375. The summed E-state index contributed by atoms with van der Waals surface area (Å²) in [5, 5.41) is 3.98. The summed E-state index contributed by atoms with van der Waals surface area (Å²) in [5.74, 6) is 0.116. The second-order valence-electron chi connectivity index (χ2n) is 4.57. The lowest BCUT2D eigenvalue weighted by Gasteiger charge is -2.13. The van der Waals surface area contributed by atoms with Gasteiger partial charge in [-0.1, -0.05) is 42.4 Å². The van der Waals surface area contributed by atoms with Crippen LogP contribution in [0.15, 0.2) is 35.5 Å². The Morgan fingerprint density at radius 1 is 1.37 bits per heavy atom. The number of nitrogens with zero attached hydrogens (tertiary/aromatic N) is 1. The third kappa shape index (κ3) is 5.08. The van der Waals surface area contributed by atoms with Crippen molar-refractivity contribution in [1.29, 1.82) is 0 Å². The second kappa shape index (κ2) is 7.52. The normalized spacial score (nSPS) is 12.2. The van der Waals surface area contributed by atoms with Crippen LogP contribution >= 0.6 is 0 Å². The van der Waals surface area contributed by atoms with Gasteiger partial charge >= 0.3 is 0 Å². The molecule has 0 N–H and O–H groups in total. The van der Waals surface area contributed by atoms with E-state index < -0.39 is 0 Å². The molecule has 0 fully saturated rings. The minimum atomic E-state index is -0.146. The standard InChI is InChI=1S/C16H21NO2/c1-5-15(18)11-10-14-8-6-7-9-16(14)13(4)19-17-12(2)3/h6-11,13H,5H2,1-4H3/b11-10+. The predicted molar refractivity (Wildman–Crippen MR) is 79.1 cm³/mol. The molecule has 1 unspecified atom stereocenters. The Balaban J connectivity index is 2.92. The van der Waals surface area contributed by atoms with E-state index in [2.05, 4.69) is 5.16 Å². The number of oxime groups is 1. The van der Waals surface area contributed by atoms with Crippen LogP contribution in [0.4, 0.5) is 0 Å². The van der Waals surface area contributed by atoms with E-state index in [0.717, 1.165) is 16.8 Å². The summed E-state index contributed by atoms with van der Waals surface area (Å²) in [7, 11) is 0. The van der Waals surface area contributed by atoms with E-state index in [1.807, 2.05) is 58.0 Å². The molecule has 0 aliphatic carbocycles. The van der Waals surface area contributed by atoms with Gasteiger partial charge in [-0.25, -0.2) is 0 Å². The maximum atomic E-state index is 11.3.